The Balaban J connectivity index is 2.22. The van der Waals surface area contributed by atoms with Gasteiger partial charge in [-0.25, -0.2) is 4.79 Å². The molecule has 0 radical (unpaired) electrons. The molecule has 7 heteroatoms. The Hall–Kier alpha value is -1.89. The highest BCUT2D eigenvalue weighted by Crippen LogP contribution is 2.38. The summed E-state index contributed by atoms with van der Waals surface area (Å²) in [6.07, 6.45) is 3.44. The first-order valence-electron chi connectivity index (χ1n) is 6.77. The molecule has 0 spiro atoms. The predicted molar refractivity (Wildman–Crippen MR) is 77.8 cm³/mol. The van der Waals surface area contributed by atoms with Gasteiger partial charge in [0.2, 0.25) is 5.91 Å². The van der Waals surface area contributed by atoms with Gasteiger partial charge in [0.1, 0.15) is 5.00 Å². The van der Waals surface area contributed by atoms with Crippen LogP contribution in [0.3, 0.4) is 0 Å². The van der Waals surface area contributed by atoms with E-state index >= 15 is 0 Å². The van der Waals surface area contributed by atoms with Crippen LogP contribution in [0, 0.1) is 0 Å². The number of carbonyl (C=O) groups excluding carboxylic acids is 2. The fourth-order valence-electron chi connectivity index (χ4n) is 2.38. The molecule has 1 aliphatic carbocycles. The second kappa shape index (κ2) is 6.71. The van der Waals surface area contributed by atoms with E-state index in [0.717, 1.165) is 36.1 Å². The van der Waals surface area contributed by atoms with Crippen LogP contribution in [0.5, 0.6) is 0 Å². The Morgan fingerprint density at radius 2 is 1.95 bits per heavy atom. The van der Waals surface area contributed by atoms with Gasteiger partial charge in [0.05, 0.1) is 19.1 Å². The number of hydrogen-bond donors (Lipinski definition) is 2. The number of nitrogens with one attached hydrogen (secondary N) is 1. The monoisotopic (exact) mass is 311 g/mol. The van der Waals surface area contributed by atoms with Crippen LogP contribution in [-0.2, 0) is 27.2 Å². The number of esters is 1. The first-order valence-corrected chi connectivity index (χ1v) is 7.59. The highest BCUT2D eigenvalue weighted by Gasteiger charge is 2.26. The quantitative estimate of drug-likeness (QED) is 0.813. The largest absolute Gasteiger partial charge is 0.481 e. The van der Waals surface area contributed by atoms with Crippen LogP contribution in [0.2, 0.25) is 0 Å². The number of methoxy groups -OCH3 is 1. The smallest absolute Gasteiger partial charge is 0.341 e. The third kappa shape index (κ3) is 3.60. The number of rotatable bonds is 5. The summed E-state index contributed by atoms with van der Waals surface area (Å²) in [4.78, 5) is 35.3. The van der Waals surface area contributed by atoms with Crippen molar-refractivity contribution in [3.63, 3.8) is 0 Å². The van der Waals surface area contributed by atoms with E-state index in [9.17, 15) is 14.4 Å². The van der Waals surface area contributed by atoms with Crippen LogP contribution in [0.1, 0.15) is 46.5 Å². The fourth-order valence-corrected chi connectivity index (χ4v) is 3.68. The third-order valence-electron chi connectivity index (χ3n) is 3.38. The zero-order valence-electron chi connectivity index (χ0n) is 11.7. The summed E-state index contributed by atoms with van der Waals surface area (Å²) >= 11 is 1.39. The van der Waals surface area contributed by atoms with E-state index in [1.54, 1.807) is 0 Å². The summed E-state index contributed by atoms with van der Waals surface area (Å²) in [7, 11) is 1.31. The van der Waals surface area contributed by atoms with Crippen molar-refractivity contribution in [1.29, 1.82) is 0 Å². The molecule has 0 bridgehead atoms. The van der Waals surface area contributed by atoms with Gasteiger partial charge in [-0.2, -0.15) is 0 Å². The topological polar surface area (TPSA) is 92.7 Å². The second-order valence-corrected chi connectivity index (χ2v) is 5.95. The molecular weight excluding hydrogens is 294 g/mol. The number of amides is 1. The number of fused-ring (bicyclic) bond motifs is 1. The SMILES string of the molecule is COC(=O)c1c(NC(=O)CCC(=O)O)sc2c1CCCC2. The van der Waals surface area contributed by atoms with Crippen LogP contribution in [0.15, 0.2) is 0 Å². The molecule has 1 amide bonds. The van der Waals surface area contributed by atoms with Gasteiger partial charge in [-0.05, 0) is 31.2 Å². The van der Waals surface area contributed by atoms with Gasteiger partial charge in [0, 0.05) is 11.3 Å². The van der Waals surface area contributed by atoms with Crippen LogP contribution in [0.25, 0.3) is 0 Å². The maximum Gasteiger partial charge on any atom is 0.341 e. The number of carboxylic acids is 1. The molecule has 0 saturated carbocycles. The lowest BCUT2D eigenvalue weighted by Crippen LogP contribution is -2.15. The Kier molecular flexibility index (Phi) is 4.95. The second-order valence-electron chi connectivity index (χ2n) is 4.85. The number of aryl methyl sites for hydroxylation is 1. The number of carbonyl (C=O) groups is 3. The van der Waals surface area contributed by atoms with Crippen molar-refractivity contribution >= 4 is 34.2 Å². The Morgan fingerprint density at radius 1 is 1.24 bits per heavy atom. The molecule has 1 aliphatic rings. The highest BCUT2D eigenvalue weighted by molar-refractivity contribution is 7.17. The van der Waals surface area contributed by atoms with Gasteiger partial charge in [-0.15, -0.1) is 11.3 Å². The summed E-state index contributed by atoms with van der Waals surface area (Å²) in [6.45, 7) is 0. The van der Waals surface area contributed by atoms with E-state index in [2.05, 4.69) is 5.32 Å². The Morgan fingerprint density at radius 3 is 2.62 bits per heavy atom. The molecule has 1 aromatic rings. The summed E-state index contributed by atoms with van der Waals surface area (Å²) in [6, 6.07) is 0. The van der Waals surface area contributed by atoms with Gasteiger partial charge in [0.25, 0.3) is 0 Å². The van der Waals surface area contributed by atoms with Crippen molar-refractivity contribution in [3.05, 3.63) is 16.0 Å². The van der Waals surface area contributed by atoms with Gasteiger partial charge in [-0.3, -0.25) is 9.59 Å². The highest BCUT2D eigenvalue weighted by atomic mass is 32.1. The summed E-state index contributed by atoms with van der Waals surface area (Å²) in [5.41, 5.74) is 1.40. The lowest BCUT2D eigenvalue weighted by atomic mass is 9.95. The van der Waals surface area contributed by atoms with Gasteiger partial charge in [-0.1, -0.05) is 0 Å². The Labute approximate surface area is 126 Å². The summed E-state index contributed by atoms with van der Waals surface area (Å²) < 4.78 is 4.80. The standard InChI is InChI=1S/C14H17NO5S/c1-20-14(19)12-8-4-2-3-5-9(8)21-13(12)15-10(16)6-7-11(17)18/h2-7H2,1H3,(H,15,16)(H,17,18). The van der Waals surface area contributed by atoms with Crippen molar-refractivity contribution in [2.24, 2.45) is 0 Å². The molecule has 114 valence electrons. The molecule has 0 aromatic carbocycles. The number of anilines is 1. The molecule has 0 atom stereocenters. The van der Waals surface area contributed by atoms with E-state index in [1.807, 2.05) is 0 Å². The minimum absolute atomic E-state index is 0.113. The number of hydrogen-bond acceptors (Lipinski definition) is 5. The minimum Gasteiger partial charge on any atom is -0.481 e. The molecule has 1 aromatic heterocycles. The van der Waals surface area contributed by atoms with Crippen molar-refractivity contribution < 1.29 is 24.2 Å². The molecule has 0 unspecified atom stereocenters. The van der Waals surface area contributed by atoms with E-state index in [4.69, 9.17) is 9.84 Å². The maximum absolute atomic E-state index is 12.0. The first-order chi connectivity index (χ1) is 10.0. The number of aliphatic carboxylic acids is 1. The maximum atomic E-state index is 12.0. The number of ether oxygens (including phenoxy) is 1. The zero-order chi connectivity index (χ0) is 15.4. The zero-order valence-corrected chi connectivity index (χ0v) is 12.5. The van der Waals surface area contributed by atoms with E-state index in [1.165, 1.54) is 18.4 Å². The fraction of sp³-hybridized carbons (Fsp3) is 0.500. The third-order valence-corrected chi connectivity index (χ3v) is 4.59. The Bertz CT molecular complexity index is 578. The van der Waals surface area contributed by atoms with Crippen LogP contribution in [-0.4, -0.2) is 30.1 Å². The van der Waals surface area contributed by atoms with E-state index in [-0.39, 0.29) is 12.8 Å². The van der Waals surface area contributed by atoms with E-state index in [0.29, 0.717) is 10.6 Å². The molecule has 21 heavy (non-hydrogen) atoms. The van der Waals surface area contributed by atoms with Crippen LogP contribution < -0.4 is 5.32 Å². The van der Waals surface area contributed by atoms with Gasteiger partial charge >= 0.3 is 11.9 Å². The van der Waals surface area contributed by atoms with E-state index < -0.39 is 17.8 Å². The lowest BCUT2D eigenvalue weighted by molar-refractivity contribution is -0.138. The lowest BCUT2D eigenvalue weighted by Gasteiger charge is -2.11. The van der Waals surface area contributed by atoms with Crippen molar-refractivity contribution in [2.45, 2.75) is 38.5 Å². The number of carboxylic acid groups (broad SMARTS) is 1. The molecular formula is C14H17NO5S. The van der Waals surface area contributed by atoms with Crippen LogP contribution >= 0.6 is 11.3 Å². The molecule has 0 fully saturated rings. The molecule has 0 aliphatic heterocycles. The average Bonchev–Trinajstić information content (AvgIpc) is 2.82. The molecule has 0 saturated heterocycles. The summed E-state index contributed by atoms with van der Waals surface area (Å²) in [5.74, 6) is -1.88. The first kappa shape index (κ1) is 15.5. The molecule has 1 heterocycles. The van der Waals surface area contributed by atoms with Crippen molar-refractivity contribution in [2.75, 3.05) is 12.4 Å². The predicted octanol–water partition coefficient (Wildman–Crippen LogP) is 2.22. The molecule has 2 N–H and O–H groups in total. The minimum atomic E-state index is -1.02. The van der Waals surface area contributed by atoms with Crippen LogP contribution in [0.4, 0.5) is 5.00 Å². The average molecular weight is 311 g/mol. The van der Waals surface area contributed by atoms with Gasteiger partial charge in [0.15, 0.2) is 0 Å². The van der Waals surface area contributed by atoms with Crippen molar-refractivity contribution in [1.82, 2.24) is 0 Å². The summed E-state index contributed by atoms with van der Waals surface area (Å²) in [5, 5.41) is 11.7. The number of thiophene rings is 1. The van der Waals surface area contributed by atoms with Crippen molar-refractivity contribution in [3.8, 4) is 0 Å². The molecule has 2 rings (SSSR count). The normalized spacial score (nSPS) is 13.4. The molecule has 6 nitrogen and oxygen atoms in total. The van der Waals surface area contributed by atoms with Gasteiger partial charge < -0.3 is 15.2 Å².